The number of rotatable bonds is 2. The highest BCUT2D eigenvalue weighted by atomic mass is 32.1. The van der Waals surface area contributed by atoms with Crippen molar-refractivity contribution in [1.29, 1.82) is 0 Å². The van der Waals surface area contributed by atoms with E-state index in [4.69, 9.17) is 11.5 Å². The Bertz CT molecular complexity index is 282. The van der Waals surface area contributed by atoms with Crippen LogP contribution in [0.2, 0.25) is 0 Å². The van der Waals surface area contributed by atoms with Gasteiger partial charge in [-0.15, -0.1) is 11.3 Å². The van der Waals surface area contributed by atoms with Gasteiger partial charge in [-0.2, -0.15) is 0 Å². The minimum atomic E-state index is 0.582. The molecule has 0 bridgehead atoms. The molecule has 0 saturated heterocycles. The third-order valence-corrected chi connectivity index (χ3v) is 3.33. The zero-order valence-electron chi connectivity index (χ0n) is 6.92. The fourth-order valence-electron chi connectivity index (χ4n) is 1.80. The first kappa shape index (κ1) is 8.01. The molecule has 2 rings (SSSR count). The van der Waals surface area contributed by atoms with Crippen molar-refractivity contribution in [3.8, 4) is 0 Å². The number of nitrogens with zero attached hydrogens (tertiary/aromatic N) is 1. The highest BCUT2D eigenvalue weighted by Gasteiger charge is 2.25. The monoisotopic (exact) mass is 183 g/mol. The molecule has 66 valence electrons. The highest BCUT2D eigenvalue weighted by molar-refractivity contribution is 7.15. The smallest absolute Gasteiger partial charge is 0.180 e. The maximum absolute atomic E-state index is 5.62. The highest BCUT2D eigenvalue weighted by Crippen LogP contribution is 2.38. The maximum atomic E-state index is 5.62. The van der Waals surface area contributed by atoms with Crippen molar-refractivity contribution in [3.05, 3.63) is 10.6 Å². The van der Waals surface area contributed by atoms with Crippen molar-refractivity contribution in [2.75, 3.05) is 12.3 Å². The topological polar surface area (TPSA) is 64.9 Å². The fraction of sp³-hybridized carbons (Fsp3) is 0.625. The zero-order chi connectivity index (χ0) is 8.55. The Balaban J connectivity index is 2.22. The van der Waals surface area contributed by atoms with Crippen LogP contribution < -0.4 is 11.5 Å². The molecule has 1 aromatic heterocycles. The standard InChI is InChI=1S/C8H13N3S/c9-4-3-5-1-2-6-7(5)11-8(10)12-6/h5H,1-4,9H2,(H2,10,11). The van der Waals surface area contributed by atoms with Crippen LogP contribution in [0, 0.1) is 0 Å². The van der Waals surface area contributed by atoms with Crippen LogP contribution in [0.4, 0.5) is 5.13 Å². The second-order valence-corrected chi connectivity index (χ2v) is 4.29. The van der Waals surface area contributed by atoms with E-state index >= 15 is 0 Å². The van der Waals surface area contributed by atoms with E-state index in [0.29, 0.717) is 11.0 Å². The Morgan fingerprint density at radius 3 is 3.17 bits per heavy atom. The lowest BCUT2D eigenvalue weighted by atomic mass is 10.0. The van der Waals surface area contributed by atoms with Gasteiger partial charge < -0.3 is 11.5 Å². The summed E-state index contributed by atoms with van der Waals surface area (Å²) in [6, 6.07) is 0. The summed E-state index contributed by atoms with van der Waals surface area (Å²) in [4.78, 5) is 5.71. The van der Waals surface area contributed by atoms with Gasteiger partial charge in [0.2, 0.25) is 0 Å². The number of hydrogen-bond acceptors (Lipinski definition) is 4. The normalized spacial score (nSPS) is 21.2. The average Bonchev–Trinajstić information content (AvgIpc) is 2.52. The number of aromatic nitrogens is 1. The van der Waals surface area contributed by atoms with Gasteiger partial charge in [0.15, 0.2) is 5.13 Å². The first-order valence-electron chi connectivity index (χ1n) is 4.26. The van der Waals surface area contributed by atoms with Gasteiger partial charge in [0.05, 0.1) is 5.69 Å². The van der Waals surface area contributed by atoms with Crippen LogP contribution in [0.15, 0.2) is 0 Å². The average molecular weight is 183 g/mol. The molecule has 3 nitrogen and oxygen atoms in total. The maximum Gasteiger partial charge on any atom is 0.180 e. The molecule has 0 saturated carbocycles. The fourth-order valence-corrected chi connectivity index (χ4v) is 2.74. The first-order valence-corrected chi connectivity index (χ1v) is 5.08. The second kappa shape index (κ2) is 3.03. The Morgan fingerprint density at radius 2 is 2.42 bits per heavy atom. The molecule has 1 aromatic rings. The summed E-state index contributed by atoms with van der Waals surface area (Å²) in [5, 5.41) is 0.710. The lowest BCUT2D eigenvalue weighted by Gasteiger charge is -2.05. The van der Waals surface area contributed by atoms with E-state index in [1.165, 1.54) is 17.0 Å². The molecule has 0 fully saturated rings. The Labute approximate surface area is 75.8 Å². The SMILES string of the molecule is NCCC1CCc2sc(N)nc21. The molecule has 4 N–H and O–H groups in total. The first-order chi connectivity index (χ1) is 5.81. The van der Waals surface area contributed by atoms with Crippen LogP contribution in [0.1, 0.15) is 29.3 Å². The number of anilines is 1. The summed E-state index contributed by atoms with van der Waals surface area (Å²) in [5.74, 6) is 0.582. The number of thiazole rings is 1. The van der Waals surface area contributed by atoms with E-state index < -0.39 is 0 Å². The summed E-state index contributed by atoms with van der Waals surface area (Å²) < 4.78 is 0. The third-order valence-electron chi connectivity index (χ3n) is 2.37. The molecule has 0 radical (unpaired) electrons. The number of nitrogens with two attached hydrogens (primary N) is 2. The molecule has 0 spiro atoms. The van der Waals surface area contributed by atoms with Gasteiger partial charge in [-0.1, -0.05) is 0 Å². The van der Waals surface area contributed by atoms with Crippen LogP contribution in [-0.2, 0) is 6.42 Å². The molecule has 0 aromatic carbocycles. The molecule has 12 heavy (non-hydrogen) atoms. The zero-order valence-corrected chi connectivity index (χ0v) is 7.73. The number of hydrogen-bond donors (Lipinski definition) is 2. The Hall–Kier alpha value is -0.610. The van der Waals surface area contributed by atoms with Gasteiger partial charge >= 0.3 is 0 Å². The largest absolute Gasteiger partial charge is 0.375 e. The van der Waals surface area contributed by atoms with Crippen molar-refractivity contribution in [1.82, 2.24) is 4.98 Å². The molecule has 1 aliphatic rings. The van der Waals surface area contributed by atoms with Crippen molar-refractivity contribution in [3.63, 3.8) is 0 Å². The summed E-state index contributed by atoms with van der Waals surface area (Å²) >= 11 is 1.63. The summed E-state index contributed by atoms with van der Waals surface area (Å²) in [5.41, 5.74) is 12.4. The van der Waals surface area contributed by atoms with Crippen molar-refractivity contribution in [2.24, 2.45) is 5.73 Å². The van der Waals surface area contributed by atoms with E-state index in [1.807, 2.05) is 0 Å². The van der Waals surface area contributed by atoms with Crippen LogP contribution in [0.25, 0.3) is 0 Å². The van der Waals surface area contributed by atoms with Gasteiger partial charge in [0.1, 0.15) is 0 Å². The summed E-state index contributed by atoms with van der Waals surface area (Å²) in [6.07, 6.45) is 3.41. The van der Waals surface area contributed by atoms with Crippen LogP contribution in [-0.4, -0.2) is 11.5 Å². The van der Waals surface area contributed by atoms with E-state index in [9.17, 15) is 0 Å². The van der Waals surface area contributed by atoms with Gasteiger partial charge in [0.25, 0.3) is 0 Å². The summed E-state index contributed by atoms with van der Waals surface area (Å²) in [7, 11) is 0. The van der Waals surface area contributed by atoms with Crippen LogP contribution >= 0.6 is 11.3 Å². The second-order valence-electron chi connectivity index (χ2n) is 3.17. The number of aryl methyl sites for hydroxylation is 1. The van der Waals surface area contributed by atoms with E-state index in [0.717, 1.165) is 19.4 Å². The Morgan fingerprint density at radius 1 is 1.58 bits per heavy atom. The molecular formula is C8H13N3S. The molecule has 1 aliphatic carbocycles. The molecule has 0 amide bonds. The minimum Gasteiger partial charge on any atom is -0.375 e. The molecule has 1 heterocycles. The van der Waals surface area contributed by atoms with Crippen molar-refractivity contribution in [2.45, 2.75) is 25.2 Å². The van der Waals surface area contributed by atoms with E-state index in [-0.39, 0.29) is 0 Å². The number of fused-ring (bicyclic) bond motifs is 1. The number of nitrogen functional groups attached to an aromatic ring is 1. The lowest BCUT2D eigenvalue weighted by Crippen LogP contribution is -2.05. The molecule has 4 heteroatoms. The quantitative estimate of drug-likeness (QED) is 0.721. The van der Waals surface area contributed by atoms with Gasteiger partial charge in [-0.05, 0) is 25.8 Å². The summed E-state index contributed by atoms with van der Waals surface area (Å²) in [6.45, 7) is 0.752. The van der Waals surface area contributed by atoms with E-state index in [2.05, 4.69) is 4.98 Å². The predicted octanol–water partition coefficient (Wildman–Crippen LogP) is 1.10. The Kier molecular flexibility index (Phi) is 2.02. The van der Waals surface area contributed by atoms with Gasteiger partial charge in [0, 0.05) is 10.8 Å². The van der Waals surface area contributed by atoms with E-state index in [1.54, 1.807) is 11.3 Å². The van der Waals surface area contributed by atoms with Gasteiger partial charge in [-0.3, -0.25) is 0 Å². The molecule has 1 unspecified atom stereocenters. The lowest BCUT2D eigenvalue weighted by molar-refractivity contribution is 0.616. The predicted molar refractivity (Wildman–Crippen MR) is 51.3 cm³/mol. The van der Waals surface area contributed by atoms with Gasteiger partial charge in [-0.25, -0.2) is 4.98 Å². The molecular weight excluding hydrogens is 170 g/mol. The minimum absolute atomic E-state index is 0.582. The van der Waals surface area contributed by atoms with Crippen molar-refractivity contribution >= 4 is 16.5 Å². The van der Waals surface area contributed by atoms with Crippen molar-refractivity contribution < 1.29 is 0 Å². The third kappa shape index (κ3) is 1.21. The van der Waals surface area contributed by atoms with Crippen LogP contribution in [0.5, 0.6) is 0 Å². The molecule has 1 atom stereocenters. The van der Waals surface area contributed by atoms with Crippen LogP contribution in [0.3, 0.4) is 0 Å². The molecule has 0 aliphatic heterocycles.